The van der Waals surface area contributed by atoms with Crippen molar-refractivity contribution < 1.29 is 14.6 Å². The summed E-state index contributed by atoms with van der Waals surface area (Å²) in [4.78, 5) is 0. The highest BCUT2D eigenvalue weighted by Gasteiger charge is 2.00. The zero-order chi connectivity index (χ0) is 9.94. The molecule has 0 aromatic carbocycles. The van der Waals surface area contributed by atoms with Gasteiger partial charge in [0, 0.05) is 26.9 Å². The number of methoxy groups -OCH3 is 1. The molecule has 2 N–H and O–H groups in total. The summed E-state index contributed by atoms with van der Waals surface area (Å²) in [5.74, 6) is 0. The van der Waals surface area contributed by atoms with E-state index in [9.17, 15) is 5.11 Å². The number of rotatable bonds is 9. The number of ether oxygens (including phenoxy) is 2. The van der Waals surface area contributed by atoms with Crippen LogP contribution in [-0.4, -0.2) is 51.2 Å². The first-order valence-electron chi connectivity index (χ1n) is 4.76. The van der Waals surface area contributed by atoms with Gasteiger partial charge >= 0.3 is 0 Å². The molecule has 4 heteroatoms. The minimum absolute atomic E-state index is 0.387. The molecule has 0 heterocycles. The molecular weight excluding hydrogens is 170 g/mol. The second kappa shape index (κ2) is 9.92. The van der Waals surface area contributed by atoms with E-state index < -0.39 is 6.10 Å². The molecule has 0 spiro atoms. The quantitative estimate of drug-likeness (QED) is 0.504. The lowest BCUT2D eigenvalue weighted by Crippen LogP contribution is -2.31. The van der Waals surface area contributed by atoms with E-state index in [-0.39, 0.29) is 0 Å². The van der Waals surface area contributed by atoms with Crippen molar-refractivity contribution in [1.82, 2.24) is 5.32 Å². The summed E-state index contributed by atoms with van der Waals surface area (Å²) in [6, 6.07) is 0. The third kappa shape index (κ3) is 9.76. The van der Waals surface area contributed by atoms with E-state index in [4.69, 9.17) is 9.47 Å². The molecule has 0 fully saturated rings. The van der Waals surface area contributed by atoms with E-state index in [2.05, 4.69) is 5.32 Å². The molecule has 4 nitrogen and oxygen atoms in total. The van der Waals surface area contributed by atoms with Gasteiger partial charge in [-0.25, -0.2) is 0 Å². The normalized spacial score (nSPS) is 13.2. The van der Waals surface area contributed by atoms with Crippen LogP contribution in [0.3, 0.4) is 0 Å². The molecule has 0 bridgehead atoms. The van der Waals surface area contributed by atoms with Crippen molar-refractivity contribution in [2.24, 2.45) is 0 Å². The molecule has 80 valence electrons. The lowest BCUT2D eigenvalue weighted by molar-refractivity contribution is 0.0640. The van der Waals surface area contributed by atoms with Crippen LogP contribution in [0.25, 0.3) is 0 Å². The average Bonchev–Trinajstić information content (AvgIpc) is 2.11. The van der Waals surface area contributed by atoms with Crippen molar-refractivity contribution in [3.8, 4) is 0 Å². The Hall–Kier alpha value is -0.160. The molecule has 0 saturated carbocycles. The maximum Gasteiger partial charge on any atom is 0.0897 e. The standard InChI is InChI=1S/C9H21NO3/c1-3-13-6-4-5-10-7-9(11)8-12-2/h9-11H,3-8H2,1-2H3. The third-order valence-electron chi connectivity index (χ3n) is 1.59. The summed E-state index contributed by atoms with van der Waals surface area (Å²) in [7, 11) is 1.58. The minimum Gasteiger partial charge on any atom is -0.389 e. The van der Waals surface area contributed by atoms with Crippen molar-refractivity contribution in [2.75, 3.05) is 40.0 Å². The van der Waals surface area contributed by atoms with Crippen molar-refractivity contribution in [1.29, 1.82) is 0 Å². The highest BCUT2D eigenvalue weighted by molar-refractivity contribution is 4.57. The Morgan fingerprint density at radius 3 is 2.85 bits per heavy atom. The summed E-state index contributed by atoms with van der Waals surface area (Å²) in [5.41, 5.74) is 0. The van der Waals surface area contributed by atoms with Crippen molar-refractivity contribution in [3.05, 3.63) is 0 Å². The van der Waals surface area contributed by atoms with Gasteiger partial charge in [0.05, 0.1) is 12.7 Å². The van der Waals surface area contributed by atoms with Gasteiger partial charge in [-0.3, -0.25) is 0 Å². The highest BCUT2D eigenvalue weighted by Crippen LogP contribution is 1.83. The molecule has 0 rings (SSSR count). The van der Waals surface area contributed by atoms with E-state index in [1.54, 1.807) is 7.11 Å². The van der Waals surface area contributed by atoms with Gasteiger partial charge in [0.25, 0.3) is 0 Å². The highest BCUT2D eigenvalue weighted by atomic mass is 16.5. The molecular formula is C9H21NO3. The Balaban J connectivity index is 2.97. The predicted molar refractivity (Wildman–Crippen MR) is 51.9 cm³/mol. The maximum atomic E-state index is 9.23. The summed E-state index contributed by atoms with van der Waals surface area (Å²) < 4.78 is 9.95. The molecule has 0 aliphatic rings. The lowest BCUT2D eigenvalue weighted by atomic mass is 10.3. The van der Waals surface area contributed by atoms with Crippen LogP contribution in [0.1, 0.15) is 13.3 Å². The van der Waals surface area contributed by atoms with Crippen LogP contribution in [0.2, 0.25) is 0 Å². The third-order valence-corrected chi connectivity index (χ3v) is 1.59. The smallest absolute Gasteiger partial charge is 0.0897 e. The van der Waals surface area contributed by atoms with E-state index in [0.29, 0.717) is 13.2 Å². The molecule has 0 saturated heterocycles. The van der Waals surface area contributed by atoms with Crippen LogP contribution in [0.15, 0.2) is 0 Å². The Kier molecular flexibility index (Phi) is 9.80. The molecule has 1 unspecified atom stereocenters. The number of aliphatic hydroxyl groups is 1. The van der Waals surface area contributed by atoms with Crippen LogP contribution in [0, 0.1) is 0 Å². The molecule has 0 radical (unpaired) electrons. The van der Waals surface area contributed by atoms with Gasteiger partial charge in [-0.15, -0.1) is 0 Å². The maximum absolute atomic E-state index is 9.23. The van der Waals surface area contributed by atoms with Crippen LogP contribution >= 0.6 is 0 Å². The molecule has 0 aromatic heterocycles. The Labute approximate surface area is 80.2 Å². The topological polar surface area (TPSA) is 50.7 Å². The van der Waals surface area contributed by atoms with E-state index in [1.165, 1.54) is 0 Å². The molecule has 0 aliphatic heterocycles. The molecule has 0 aliphatic carbocycles. The molecule has 13 heavy (non-hydrogen) atoms. The number of hydrogen-bond acceptors (Lipinski definition) is 4. The largest absolute Gasteiger partial charge is 0.389 e. The van der Waals surface area contributed by atoms with E-state index >= 15 is 0 Å². The lowest BCUT2D eigenvalue weighted by Gasteiger charge is -2.10. The van der Waals surface area contributed by atoms with Gasteiger partial charge in [0.15, 0.2) is 0 Å². The van der Waals surface area contributed by atoms with E-state index in [1.807, 2.05) is 6.92 Å². The van der Waals surface area contributed by atoms with Crippen LogP contribution in [-0.2, 0) is 9.47 Å². The van der Waals surface area contributed by atoms with Gasteiger partial charge in [-0.2, -0.15) is 0 Å². The fraction of sp³-hybridized carbons (Fsp3) is 1.00. The van der Waals surface area contributed by atoms with Gasteiger partial charge < -0.3 is 19.9 Å². The summed E-state index contributed by atoms with van der Waals surface area (Å²) in [6.45, 7) is 5.38. The van der Waals surface area contributed by atoms with Gasteiger partial charge in [-0.1, -0.05) is 0 Å². The van der Waals surface area contributed by atoms with Crippen molar-refractivity contribution in [3.63, 3.8) is 0 Å². The van der Waals surface area contributed by atoms with Crippen LogP contribution in [0.4, 0.5) is 0 Å². The van der Waals surface area contributed by atoms with Gasteiger partial charge in [0.1, 0.15) is 0 Å². The number of aliphatic hydroxyl groups excluding tert-OH is 1. The predicted octanol–water partition coefficient (Wildman–Crippen LogP) is 0.00990. The second-order valence-electron chi connectivity index (χ2n) is 2.86. The minimum atomic E-state index is -0.405. The van der Waals surface area contributed by atoms with Gasteiger partial charge in [0.2, 0.25) is 0 Å². The Morgan fingerprint density at radius 2 is 2.23 bits per heavy atom. The summed E-state index contributed by atoms with van der Waals surface area (Å²) in [5, 5.41) is 12.4. The second-order valence-corrected chi connectivity index (χ2v) is 2.86. The van der Waals surface area contributed by atoms with Crippen LogP contribution in [0.5, 0.6) is 0 Å². The fourth-order valence-electron chi connectivity index (χ4n) is 0.964. The fourth-order valence-corrected chi connectivity index (χ4v) is 0.964. The van der Waals surface area contributed by atoms with Gasteiger partial charge in [-0.05, 0) is 19.9 Å². The first-order valence-corrected chi connectivity index (χ1v) is 4.76. The molecule has 0 amide bonds. The van der Waals surface area contributed by atoms with Crippen molar-refractivity contribution >= 4 is 0 Å². The number of hydrogen-bond donors (Lipinski definition) is 2. The molecule has 1 atom stereocenters. The first kappa shape index (κ1) is 12.8. The molecule has 0 aromatic rings. The Morgan fingerprint density at radius 1 is 1.46 bits per heavy atom. The average molecular weight is 191 g/mol. The number of nitrogens with one attached hydrogen (secondary N) is 1. The zero-order valence-electron chi connectivity index (χ0n) is 8.58. The Bertz CT molecular complexity index is 101. The van der Waals surface area contributed by atoms with E-state index in [0.717, 1.165) is 26.2 Å². The first-order chi connectivity index (χ1) is 6.31. The van der Waals surface area contributed by atoms with Crippen LogP contribution < -0.4 is 5.32 Å². The SMILES string of the molecule is CCOCCCNCC(O)COC. The van der Waals surface area contributed by atoms with Crippen molar-refractivity contribution in [2.45, 2.75) is 19.4 Å². The monoisotopic (exact) mass is 191 g/mol. The summed E-state index contributed by atoms with van der Waals surface area (Å²) in [6.07, 6.45) is 0.574. The summed E-state index contributed by atoms with van der Waals surface area (Å²) >= 11 is 0. The zero-order valence-corrected chi connectivity index (χ0v) is 8.58.